The van der Waals surface area contributed by atoms with E-state index in [0.717, 1.165) is 30.6 Å². The molecule has 1 saturated carbocycles. The van der Waals surface area contributed by atoms with E-state index in [1.54, 1.807) is 0 Å². The molecule has 0 unspecified atom stereocenters. The first-order valence-corrected chi connectivity index (χ1v) is 5.96. The molecule has 7 heteroatoms. The second-order valence-electron chi connectivity index (χ2n) is 4.63. The van der Waals surface area contributed by atoms with Crippen LogP contribution in [0, 0.1) is 0 Å². The normalized spacial score (nSPS) is 16.5. The number of nitrogens with one attached hydrogen (secondary N) is 1. The average molecular weight is 257 g/mol. The van der Waals surface area contributed by atoms with E-state index in [4.69, 9.17) is 10.8 Å². The number of carbonyl (C=O) groups excluding carboxylic acids is 2. The van der Waals surface area contributed by atoms with E-state index >= 15 is 0 Å². The van der Waals surface area contributed by atoms with E-state index in [2.05, 4.69) is 5.32 Å². The van der Waals surface area contributed by atoms with Gasteiger partial charge in [-0.05, 0) is 25.7 Å². The van der Waals surface area contributed by atoms with E-state index in [0.29, 0.717) is 0 Å². The predicted octanol–water partition coefficient (Wildman–Crippen LogP) is -0.0994. The van der Waals surface area contributed by atoms with Crippen LogP contribution in [0.1, 0.15) is 32.6 Å². The number of carboxylic acid groups (broad SMARTS) is 1. The van der Waals surface area contributed by atoms with E-state index in [9.17, 15) is 14.4 Å². The second kappa shape index (κ2) is 5.70. The zero-order valence-electron chi connectivity index (χ0n) is 10.4. The lowest BCUT2D eigenvalue weighted by Crippen LogP contribution is -2.58. The molecule has 18 heavy (non-hydrogen) atoms. The summed E-state index contributed by atoms with van der Waals surface area (Å²) in [6.07, 6.45) is 3.60. The minimum atomic E-state index is -1.18. The zero-order valence-corrected chi connectivity index (χ0v) is 10.4. The van der Waals surface area contributed by atoms with Crippen LogP contribution in [0.4, 0.5) is 4.79 Å². The number of hydrogen-bond acceptors (Lipinski definition) is 3. The van der Waals surface area contributed by atoms with Gasteiger partial charge in [-0.3, -0.25) is 9.59 Å². The third-order valence-electron chi connectivity index (χ3n) is 3.32. The van der Waals surface area contributed by atoms with Gasteiger partial charge in [0.2, 0.25) is 5.91 Å². The standard InChI is InChI=1S/C11H19N3O4/c1-2-11(4-3-5-11)13-10(18)14(6-8(12)15)7-9(16)17/h2-7H2,1H3,(H2,12,15)(H,13,18)(H,16,17). The first-order valence-electron chi connectivity index (χ1n) is 5.96. The minimum Gasteiger partial charge on any atom is -0.480 e. The van der Waals surface area contributed by atoms with Gasteiger partial charge in [0, 0.05) is 5.54 Å². The summed E-state index contributed by atoms with van der Waals surface area (Å²) in [5.41, 5.74) is 4.75. The number of nitrogens with two attached hydrogens (primary N) is 1. The monoisotopic (exact) mass is 257 g/mol. The van der Waals surface area contributed by atoms with Gasteiger partial charge < -0.3 is 21.1 Å². The summed E-state index contributed by atoms with van der Waals surface area (Å²) in [6, 6.07) is -0.544. The fourth-order valence-corrected chi connectivity index (χ4v) is 2.03. The largest absolute Gasteiger partial charge is 0.480 e. The summed E-state index contributed by atoms with van der Waals surface area (Å²) in [5.74, 6) is -1.91. The summed E-state index contributed by atoms with van der Waals surface area (Å²) in [4.78, 5) is 34.3. The van der Waals surface area contributed by atoms with Crippen LogP contribution in [-0.4, -0.2) is 46.5 Å². The number of amides is 3. The molecule has 0 bridgehead atoms. The van der Waals surface area contributed by atoms with Crippen molar-refractivity contribution in [1.29, 1.82) is 0 Å². The highest BCUT2D eigenvalue weighted by Crippen LogP contribution is 2.34. The number of primary amides is 1. The number of rotatable bonds is 6. The van der Waals surface area contributed by atoms with Crippen molar-refractivity contribution in [3.63, 3.8) is 0 Å². The average Bonchev–Trinajstić information content (AvgIpc) is 2.20. The molecule has 0 saturated heterocycles. The Bertz CT molecular complexity index is 331. The number of hydrogen-bond donors (Lipinski definition) is 3. The Hall–Kier alpha value is -1.79. The third-order valence-corrected chi connectivity index (χ3v) is 3.32. The third kappa shape index (κ3) is 3.61. The van der Waals surface area contributed by atoms with Crippen molar-refractivity contribution in [3.05, 3.63) is 0 Å². The molecule has 3 amide bonds. The fourth-order valence-electron chi connectivity index (χ4n) is 2.03. The van der Waals surface area contributed by atoms with Crippen molar-refractivity contribution in [1.82, 2.24) is 10.2 Å². The highest BCUT2D eigenvalue weighted by Gasteiger charge is 2.37. The van der Waals surface area contributed by atoms with Crippen LogP contribution < -0.4 is 11.1 Å². The molecule has 0 atom stereocenters. The van der Waals surface area contributed by atoms with Crippen LogP contribution in [-0.2, 0) is 9.59 Å². The lowest BCUT2D eigenvalue weighted by Gasteiger charge is -2.42. The summed E-state index contributed by atoms with van der Waals surface area (Å²) in [5, 5.41) is 11.5. The summed E-state index contributed by atoms with van der Waals surface area (Å²) in [6.45, 7) is 1.04. The smallest absolute Gasteiger partial charge is 0.323 e. The Morgan fingerprint density at radius 3 is 2.28 bits per heavy atom. The Morgan fingerprint density at radius 2 is 1.94 bits per heavy atom. The molecule has 0 aromatic rings. The van der Waals surface area contributed by atoms with Gasteiger partial charge in [-0.2, -0.15) is 0 Å². The number of carboxylic acids is 1. The molecule has 4 N–H and O–H groups in total. The van der Waals surface area contributed by atoms with Gasteiger partial charge in [0.1, 0.15) is 13.1 Å². The first-order chi connectivity index (χ1) is 8.38. The maximum atomic E-state index is 11.9. The highest BCUT2D eigenvalue weighted by molar-refractivity contribution is 5.86. The molecule has 7 nitrogen and oxygen atoms in total. The van der Waals surface area contributed by atoms with Crippen LogP contribution in [0.5, 0.6) is 0 Å². The lowest BCUT2D eigenvalue weighted by atomic mass is 9.75. The maximum absolute atomic E-state index is 11.9. The van der Waals surface area contributed by atoms with E-state index in [1.165, 1.54) is 0 Å². The predicted molar refractivity (Wildman–Crippen MR) is 63.8 cm³/mol. The molecular weight excluding hydrogens is 238 g/mol. The molecule has 0 aliphatic heterocycles. The Morgan fingerprint density at radius 1 is 1.33 bits per heavy atom. The summed E-state index contributed by atoms with van der Waals surface area (Å²) < 4.78 is 0. The van der Waals surface area contributed by atoms with Crippen molar-refractivity contribution in [3.8, 4) is 0 Å². The summed E-state index contributed by atoms with van der Waals surface area (Å²) in [7, 11) is 0. The maximum Gasteiger partial charge on any atom is 0.323 e. The Labute approximate surface area is 105 Å². The quantitative estimate of drug-likeness (QED) is 0.616. The van der Waals surface area contributed by atoms with Crippen molar-refractivity contribution >= 4 is 17.9 Å². The molecule has 1 fully saturated rings. The molecular formula is C11H19N3O4. The van der Waals surface area contributed by atoms with Gasteiger partial charge in [-0.1, -0.05) is 6.92 Å². The second-order valence-corrected chi connectivity index (χ2v) is 4.63. The molecule has 0 heterocycles. The van der Waals surface area contributed by atoms with Gasteiger partial charge in [0.15, 0.2) is 0 Å². The van der Waals surface area contributed by atoms with Gasteiger partial charge >= 0.3 is 12.0 Å². The van der Waals surface area contributed by atoms with Crippen molar-refractivity contribution in [2.45, 2.75) is 38.1 Å². The first kappa shape index (κ1) is 14.3. The molecule has 0 aromatic carbocycles. The van der Waals surface area contributed by atoms with Crippen LogP contribution >= 0.6 is 0 Å². The number of aliphatic carboxylic acids is 1. The minimum absolute atomic E-state index is 0.245. The van der Waals surface area contributed by atoms with Gasteiger partial charge in [-0.15, -0.1) is 0 Å². The number of carbonyl (C=O) groups is 3. The molecule has 0 aromatic heterocycles. The van der Waals surface area contributed by atoms with Crippen LogP contribution in [0.25, 0.3) is 0 Å². The SMILES string of the molecule is CCC1(NC(=O)N(CC(N)=O)CC(=O)O)CCC1. The van der Waals surface area contributed by atoms with Crippen LogP contribution in [0.2, 0.25) is 0 Å². The molecule has 1 rings (SSSR count). The number of nitrogens with zero attached hydrogens (tertiary/aromatic N) is 1. The highest BCUT2D eigenvalue weighted by atomic mass is 16.4. The fraction of sp³-hybridized carbons (Fsp3) is 0.727. The molecule has 0 spiro atoms. The van der Waals surface area contributed by atoms with Crippen LogP contribution in [0.3, 0.4) is 0 Å². The molecule has 1 aliphatic rings. The molecule has 102 valence electrons. The zero-order chi connectivity index (χ0) is 13.8. The van der Waals surface area contributed by atoms with Crippen molar-refractivity contribution in [2.24, 2.45) is 5.73 Å². The van der Waals surface area contributed by atoms with Gasteiger partial charge in [-0.25, -0.2) is 4.79 Å². The van der Waals surface area contributed by atoms with Gasteiger partial charge in [0.25, 0.3) is 0 Å². The lowest BCUT2D eigenvalue weighted by molar-refractivity contribution is -0.137. The Balaban J connectivity index is 2.63. The van der Waals surface area contributed by atoms with Crippen LogP contribution in [0.15, 0.2) is 0 Å². The number of urea groups is 1. The molecule has 0 radical (unpaired) electrons. The van der Waals surface area contributed by atoms with E-state index < -0.39 is 31.0 Å². The molecule has 1 aliphatic carbocycles. The van der Waals surface area contributed by atoms with Crippen molar-refractivity contribution < 1.29 is 19.5 Å². The van der Waals surface area contributed by atoms with E-state index in [-0.39, 0.29) is 5.54 Å². The Kier molecular flexibility index (Phi) is 4.52. The topological polar surface area (TPSA) is 113 Å². The van der Waals surface area contributed by atoms with E-state index in [1.807, 2.05) is 6.92 Å². The summed E-state index contributed by atoms with van der Waals surface area (Å²) >= 11 is 0. The van der Waals surface area contributed by atoms with Crippen molar-refractivity contribution in [2.75, 3.05) is 13.1 Å². The van der Waals surface area contributed by atoms with Gasteiger partial charge in [0.05, 0.1) is 0 Å².